The Morgan fingerprint density at radius 2 is 1.86 bits per heavy atom. The van der Waals surface area contributed by atoms with Gasteiger partial charge in [0.2, 0.25) is 5.91 Å². The van der Waals surface area contributed by atoms with Crippen LogP contribution in [0.4, 0.5) is 0 Å². The molecule has 0 bridgehead atoms. The van der Waals surface area contributed by atoms with E-state index in [1.807, 2.05) is 6.07 Å². The molecule has 21 heavy (non-hydrogen) atoms. The van der Waals surface area contributed by atoms with Gasteiger partial charge in [-0.2, -0.15) is 5.26 Å². The maximum absolute atomic E-state index is 12.0. The van der Waals surface area contributed by atoms with Crippen LogP contribution in [0, 0.1) is 11.3 Å². The highest BCUT2D eigenvalue weighted by atomic mass is 16.5. The van der Waals surface area contributed by atoms with Gasteiger partial charge in [-0.25, -0.2) is 0 Å². The van der Waals surface area contributed by atoms with Crippen molar-refractivity contribution in [2.75, 3.05) is 60.0 Å². The van der Waals surface area contributed by atoms with Crippen LogP contribution in [-0.2, 0) is 14.3 Å². The first-order valence-corrected chi connectivity index (χ1v) is 7.19. The number of nitrogens with zero attached hydrogens (tertiary/aromatic N) is 4. The molecule has 0 spiro atoms. The largest absolute Gasteiger partial charge is 0.469 e. The van der Waals surface area contributed by atoms with Gasteiger partial charge in [-0.15, -0.1) is 0 Å². The summed E-state index contributed by atoms with van der Waals surface area (Å²) < 4.78 is 4.62. The van der Waals surface area contributed by atoms with Crippen LogP contribution >= 0.6 is 0 Å². The van der Waals surface area contributed by atoms with Gasteiger partial charge in [0.15, 0.2) is 0 Å². The van der Waals surface area contributed by atoms with Crippen molar-refractivity contribution >= 4 is 11.9 Å². The van der Waals surface area contributed by atoms with Gasteiger partial charge in [-0.3, -0.25) is 14.5 Å². The number of nitriles is 1. The topological polar surface area (TPSA) is 76.9 Å². The van der Waals surface area contributed by atoms with Gasteiger partial charge in [0.05, 0.1) is 32.6 Å². The lowest BCUT2D eigenvalue weighted by Crippen LogP contribution is -2.50. The van der Waals surface area contributed by atoms with E-state index in [0.717, 1.165) is 26.2 Å². The van der Waals surface area contributed by atoms with Crippen LogP contribution in [0.25, 0.3) is 0 Å². The number of hydrogen-bond acceptors (Lipinski definition) is 6. The number of methoxy groups -OCH3 is 1. The van der Waals surface area contributed by atoms with Crippen LogP contribution in [-0.4, -0.2) is 86.5 Å². The second-order valence-electron chi connectivity index (χ2n) is 5.17. The van der Waals surface area contributed by atoms with E-state index in [2.05, 4.69) is 14.5 Å². The average molecular weight is 296 g/mol. The van der Waals surface area contributed by atoms with Crippen molar-refractivity contribution in [1.82, 2.24) is 14.7 Å². The third-order valence-corrected chi connectivity index (χ3v) is 3.67. The number of rotatable bonds is 7. The molecule has 0 radical (unpaired) electrons. The van der Waals surface area contributed by atoms with E-state index < -0.39 is 0 Å². The minimum atomic E-state index is -0.188. The molecule has 7 nitrogen and oxygen atoms in total. The van der Waals surface area contributed by atoms with Crippen LogP contribution in [0.3, 0.4) is 0 Å². The predicted octanol–water partition coefficient (Wildman–Crippen LogP) is -0.461. The standard InChI is InChI=1S/C14H24N4O3/c1-16(6-3-5-15)13(19)12-18-10-8-17(9-11-18)7-4-14(20)21-2/h3-4,6-12H2,1-2H3. The van der Waals surface area contributed by atoms with Gasteiger partial charge >= 0.3 is 5.97 Å². The van der Waals surface area contributed by atoms with Crippen molar-refractivity contribution in [2.45, 2.75) is 12.8 Å². The fourth-order valence-electron chi connectivity index (χ4n) is 2.18. The van der Waals surface area contributed by atoms with E-state index in [4.69, 9.17) is 5.26 Å². The molecule has 0 N–H and O–H groups in total. The highest BCUT2D eigenvalue weighted by molar-refractivity contribution is 5.78. The van der Waals surface area contributed by atoms with Crippen molar-refractivity contribution in [3.63, 3.8) is 0 Å². The third-order valence-electron chi connectivity index (χ3n) is 3.67. The fraction of sp³-hybridized carbons (Fsp3) is 0.786. The van der Waals surface area contributed by atoms with Crippen molar-refractivity contribution in [2.24, 2.45) is 0 Å². The van der Waals surface area contributed by atoms with Crippen LogP contribution in [0.15, 0.2) is 0 Å². The Morgan fingerprint density at radius 1 is 1.24 bits per heavy atom. The number of amides is 1. The van der Waals surface area contributed by atoms with Crippen LogP contribution in [0.2, 0.25) is 0 Å². The van der Waals surface area contributed by atoms with E-state index in [-0.39, 0.29) is 11.9 Å². The molecule has 7 heteroatoms. The first-order valence-electron chi connectivity index (χ1n) is 7.19. The minimum absolute atomic E-state index is 0.0493. The molecule has 0 aliphatic carbocycles. The lowest BCUT2D eigenvalue weighted by molar-refractivity contribution is -0.141. The Labute approximate surface area is 126 Å². The van der Waals surface area contributed by atoms with Gasteiger partial charge in [-0.05, 0) is 0 Å². The van der Waals surface area contributed by atoms with Gasteiger partial charge < -0.3 is 14.5 Å². The summed E-state index contributed by atoms with van der Waals surface area (Å²) >= 11 is 0. The Bertz CT molecular complexity index is 386. The van der Waals surface area contributed by atoms with Gasteiger partial charge in [0.25, 0.3) is 0 Å². The monoisotopic (exact) mass is 296 g/mol. The molecule has 1 rings (SSSR count). The molecule has 1 aliphatic heterocycles. The maximum Gasteiger partial charge on any atom is 0.306 e. The predicted molar refractivity (Wildman–Crippen MR) is 77.4 cm³/mol. The highest BCUT2D eigenvalue weighted by Gasteiger charge is 2.20. The summed E-state index contributed by atoms with van der Waals surface area (Å²) in [7, 11) is 3.13. The van der Waals surface area contributed by atoms with E-state index in [0.29, 0.717) is 32.5 Å². The maximum atomic E-state index is 12.0. The summed E-state index contributed by atoms with van der Waals surface area (Å²) in [6.07, 6.45) is 0.774. The first kappa shape index (κ1) is 17.4. The zero-order valence-corrected chi connectivity index (χ0v) is 12.9. The molecule has 1 fully saturated rings. The zero-order chi connectivity index (χ0) is 15.7. The van der Waals surface area contributed by atoms with E-state index in [9.17, 15) is 9.59 Å². The molecule has 1 heterocycles. The normalized spacial score (nSPS) is 16.2. The molecular formula is C14H24N4O3. The number of carbonyl (C=O) groups is 2. The summed E-state index contributed by atoms with van der Waals surface area (Å²) in [6, 6.07) is 2.04. The van der Waals surface area contributed by atoms with Crippen molar-refractivity contribution < 1.29 is 14.3 Å². The first-order chi connectivity index (χ1) is 10.1. The SMILES string of the molecule is COC(=O)CCN1CCN(CC(=O)N(C)CCC#N)CC1. The Morgan fingerprint density at radius 3 is 2.43 bits per heavy atom. The Kier molecular flexibility index (Phi) is 7.72. The molecule has 1 amide bonds. The molecule has 0 aromatic rings. The van der Waals surface area contributed by atoms with Crippen LogP contribution < -0.4 is 0 Å². The van der Waals surface area contributed by atoms with Gasteiger partial charge in [0, 0.05) is 46.3 Å². The van der Waals surface area contributed by atoms with Crippen molar-refractivity contribution in [3.05, 3.63) is 0 Å². The molecule has 0 aromatic carbocycles. The third kappa shape index (κ3) is 6.56. The summed E-state index contributed by atoms with van der Waals surface area (Å²) in [5, 5.41) is 8.52. The molecule has 0 unspecified atom stereocenters. The average Bonchev–Trinajstić information content (AvgIpc) is 2.51. The lowest BCUT2D eigenvalue weighted by Gasteiger charge is -2.34. The van der Waals surface area contributed by atoms with E-state index in [1.165, 1.54) is 7.11 Å². The number of piperazine rings is 1. The molecule has 0 aromatic heterocycles. The zero-order valence-electron chi connectivity index (χ0n) is 12.9. The Balaban J connectivity index is 2.22. The number of ether oxygens (including phenoxy) is 1. The smallest absolute Gasteiger partial charge is 0.306 e. The minimum Gasteiger partial charge on any atom is -0.469 e. The van der Waals surface area contributed by atoms with E-state index >= 15 is 0 Å². The number of esters is 1. The molecule has 1 saturated heterocycles. The molecule has 0 atom stereocenters. The second kappa shape index (κ2) is 9.32. The van der Waals surface area contributed by atoms with Crippen LogP contribution in [0.5, 0.6) is 0 Å². The Hall–Kier alpha value is -1.65. The van der Waals surface area contributed by atoms with Gasteiger partial charge in [-0.1, -0.05) is 0 Å². The quantitative estimate of drug-likeness (QED) is 0.592. The molecule has 118 valence electrons. The number of likely N-dealkylation sites (N-methyl/N-ethyl adjacent to an activating group) is 1. The van der Waals surface area contributed by atoms with Crippen molar-refractivity contribution in [1.29, 1.82) is 5.26 Å². The second-order valence-corrected chi connectivity index (χ2v) is 5.17. The van der Waals surface area contributed by atoms with E-state index in [1.54, 1.807) is 11.9 Å². The summed E-state index contributed by atoms with van der Waals surface area (Å²) in [4.78, 5) is 29.0. The molecule has 0 saturated carbocycles. The molecular weight excluding hydrogens is 272 g/mol. The van der Waals surface area contributed by atoms with Crippen LogP contribution in [0.1, 0.15) is 12.8 Å². The molecule has 1 aliphatic rings. The number of hydrogen-bond donors (Lipinski definition) is 0. The summed E-state index contributed by atoms with van der Waals surface area (Å²) in [5.41, 5.74) is 0. The van der Waals surface area contributed by atoms with Gasteiger partial charge in [0.1, 0.15) is 0 Å². The summed E-state index contributed by atoms with van der Waals surface area (Å²) in [5.74, 6) is -0.139. The highest BCUT2D eigenvalue weighted by Crippen LogP contribution is 2.03. The van der Waals surface area contributed by atoms with Crippen molar-refractivity contribution in [3.8, 4) is 6.07 Å². The summed E-state index contributed by atoms with van der Waals surface area (Å²) in [6.45, 7) is 4.92. The lowest BCUT2D eigenvalue weighted by atomic mass is 10.2. The fourth-order valence-corrected chi connectivity index (χ4v) is 2.18. The number of carbonyl (C=O) groups excluding carboxylic acids is 2.